The van der Waals surface area contributed by atoms with Crippen molar-refractivity contribution in [2.24, 2.45) is 0 Å². The Kier molecular flexibility index (Phi) is 4.79. The lowest BCUT2D eigenvalue weighted by molar-refractivity contribution is 0.307. The molecule has 0 aromatic carbocycles. The van der Waals surface area contributed by atoms with Gasteiger partial charge in [0.05, 0.1) is 18.3 Å². The van der Waals surface area contributed by atoms with Crippen LogP contribution in [0.25, 0.3) is 0 Å². The number of aromatic nitrogens is 2. The lowest BCUT2D eigenvalue weighted by Gasteiger charge is -2.14. The van der Waals surface area contributed by atoms with Crippen molar-refractivity contribution in [3.8, 4) is 5.88 Å². The largest absolute Gasteiger partial charge is 0.476 e. The standard InChI is InChI=1S/C14H20N4OS/c1-4-7-19-13-11(15)5-6-12(18-13)17-10(3)14-16-8-9(2)20-14/h5-6,8,10H,4,7,15H2,1-3H3,(H,17,18). The molecule has 0 aliphatic heterocycles. The molecule has 0 bridgehead atoms. The number of aryl methyl sites for hydroxylation is 1. The Morgan fingerprint density at radius 1 is 1.45 bits per heavy atom. The van der Waals surface area contributed by atoms with Gasteiger partial charge in [-0.05, 0) is 32.4 Å². The summed E-state index contributed by atoms with van der Waals surface area (Å²) < 4.78 is 5.53. The molecule has 6 heteroatoms. The van der Waals surface area contributed by atoms with E-state index in [0.29, 0.717) is 18.2 Å². The molecule has 2 aromatic rings. The molecule has 2 heterocycles. The van der Waals surface area contributed by atoms with Crippen molar-refractivity contribution in [1.29, 1.82) is 0 Å². The average Bonchev–Trinajstić information content (AvgIpc) is 2.86. The summed E-state index contributed by atoms with van der Waals surface area (Å²) in [5.41, 5.74) is 6.41. The summed E-state index contributed by atoms with van der Waals surface area (Å²) in [5.74, 6) is 1.23. The van der Waals surface area contributed by atoms with E-state index in [-0.39, 0.29) is 6.04 Å². The number of nitrogens with one attached hydrogen (secondary N) is 1. The van der Waals surface area contributed by atoms with Crippen molar-refractivity contribution in [2.45, 2.75) is 33.2 Å². The minimum absolute atomic E-state index is 0.101. The fraction of sp³-hybridized carbons (Fsp3) is 0.429. The summed E-state index contributed by atoms with van der Waals surface area (Å²) in [6.07, 6.45) is 2.80. The Labute approximate surface area is 123 Å². The maximum atomic E-state index is 5.85. The molecule has 5 nitrogen and oxygen atoms in total. The van der Waals surface area contributed by atoms with Crippen LogP contribution < -0.4 is 15.8 Å². The van der Waals surface area contributed by atoms with Gasteiger partial charge in [-0.1, -0.05) is 6.92 Å². The highest BCUT2D eigenvalue weighted by molar-refractivity contribution is 7.11. The number of pyridine rings is 1. The van der Waals surface area contributed by atoms with Gasteiger partial charge < -0.3 is 15.8 Å². The number of ether oxygens (including phenoxy) is 1. The summed E-state index contributed by atoms with van der Waals surface area (Å²) in [6.45, 7) is 6.77. The summed E-state index contributed by atoms with van der Waals surface area (Å²) in [6, 6.07) is 3.76. The van der Waals surface area contributed by atoms with Gasteiger partial charge in [-0.15, -0.1) is 11.3 Å². The molecule has 0 saturated heterocycles. The maximum Gasteiger partial charge on any atom is 0.239 e. The second-order valence-corrected chi connectivity index (χ2v) is 5.88. The van der Waals surface area contributed by atoms with Crippen molar-refractivity contribution in [1.82, 2.24) is 9.97 Å². The number of anilines is 2. The molecular weight excluding hydrogens is 272 g/mol. The first-order valence-corrected chi connectivity index (χ1v) is 7.50. The highest BCUT2D eigenvalue weighted by Gasteiger charge is 2.11. The van der Waals surface area contributed by atoms with Crippen LogP contribution in [-0.4, -0.2) is 16.6 Å². The summed E-state index contributed by atoms with van der Waals surface area (Å²) in [5, 5.41) is 4.36. The summed E-state index contributed by atoms with van der Waals surface area (Å²) in [4.78, 5) is 9.97. The van der Waals surface area contributed by atoms with E-state index >= 15 is 0 Å². The maximum absolute atomic E-state index is 5.85. The Hall–Kier alpha value is -1.82. The summed E-state index contributed by atoms with van der Waals surface area (Å²) >= 11 is 1.68. The first-order valence-electron chi connectivity index (χ1n) is 6.68. The van der Waals surface area contributed by atoms with Crippen LogP contribution in [-0.2, 0) is 0 Å². The van der Waals surface area contributed by atoms with Gasteiger partial charge in [-0.3, -0.25) is 0 Å². The van der Waals surface area contributed by atoms with E-state index in [4.69, 9.17) is 10.5 Å². The van der Waals surface area contributed by atoms with Gasteiger partial charge in [-0.25, -0.2) is 4.98 Å². The quantitative estimate of drug-likeness (QED) is 0.853. The Morgan fingerprint density at radius 3 is 2.90 bits per heavy atom. The zero-order chi connectivity index (χ0) is 14.5. The first kappa shape index (κ1) is 14.6. The fourth-order valence-electron chi connectivity index (χ4n) is 1.70. The van der Waals surface area contributed by atoms with Crippen LogP contribution in [0.5, 0.6) is 5.88 Å². The van der Waals surface area contributed by atoms with Crippen LogP contribution in [0.1, 0.15) is 36.2 Å². The molecule has 0 spiro atoms. The van der Waals surface area contributed by atoms with Crippen LogP contribution in [0.3, 0.4) is 0 Å². The van der Waals surface area contributed by atoms with E-state index < -0.39 is 0 Å². The third-order valence-electron chi connectivity index (χ3n) is 2.71. The van der Waals surface area contributed by atoms with Gasteiger partial charge in [0.15, 0.2) is 0 Å². The molecule has 0 saturated carbocycles. The van der Waals surface area contributed by atoms with E-state index in [1.54, 1.807) is 17.4 Å². The van der Waals surface area contributed by atoms with Crippen molar-refractivity contribution in [3.05, 3.63) is 28.2 Å². The predicted molar refractivity (Wildman–Crippen MR) is 83.3 cm³/mol. The van der Waals surface area contributed by atoms with E-state index in [2.05, 4.69) is 22.2 Å². The molecule has 0 radical (unpaired) electrons. The van der Waals surface area contributed by atoms with Crippen molar-refractivity contribution in [3.63, 3.8) is 0 Å². The topological polar surface area (TPSA) is 73.1 Å². The zero-order valence-electron chi connectivity index (χ0n) is 12.0. The monoisotopic (exact) mass is 292 g/mol. The molecule has 0 aliphatic carbocycles. The number of nitrogens with zero attached hydrogens (tertiary/aromatic N) is 2. The van der Waals surface area contributed by atoms with Gasteiger partial charge in [-0.2, -0.15) is 4.98 Å². The fourth-order valence-corrected chi connectivity index (χ4v) is 2.48. The van der Waals surface area contributed by atoms with E-state index in [1.807, 2.05) is 26.1 Å². The van der Waals surface area contributed by atoms with Gasteiger partial charge in [0.2, 0.25) is 5.88 Å². The van der Waals surface area contributed by atoms with Crippen LogP contribution in [0.4, 0.5) is 11.5 Å². The van der Waals surface area contributed by atoms with E-state index in [0.717, 1.165) is 17.2 Å². The predicted octanol–water partition coefficient (Wildman–Crippen LogP) is 3.39. The van der Waals surface area contributed by atoms with E-state index in [9.17, 15) is 0 Å². The molecular formula is C14H20N4OS. The second kappa shape index (κ2) is 6.56. The third-order valence-corrected chi connectivity index (χ3v) is 3.80. The molecule has 1 unspecified atom stereocenters. The number of hydrogen-bond acceptors (Lipinski definition) is 6. The number of nitrogens with two attached hydrogens (primary N) is 1. The summed E-state index contributed by atoms with van der Waals surface area (Å²) in [7, 11) is 0. The second-order valence-electron chi connectivity index (χ2n) is 4.61. The lowest BCUT2D eigenvalue weighted by Crippen LogP contribution is -2.09. The van der Waals surface area contributed by atoms with Gasteiger partial charge in [0.1, 0.15) is 10.8 Å². The zero-order valence-corrected chi connectivity index (χ0v) is 12.8. The number of rotatable bonds is 6. The Balaban J connectivity index is 2.09. The normalized spacial score (nSPS) is 12.2. The Bertz CT molecular complexity index is 570. The number of nitrogen functional groups attached to an aromatic ring is 1. The Morgan fingerprint density at radius 2 is 2.25 bits per heavy atom. The van der Waals surface area contributed by atoms with Gasteiger partial charge in [0.25, 0.3) is 0 Å². The van der Waals surface area contributed by atoms with Gasteiger partial charge >= 0.3 is 0 Å². The molecule has 0 amide bonds. The molecule has 2 rings (SSSR count). The molecule has 3 N–H and O–H groups in total. The molecule has 108 valence electrons. The molecule has 1 atom stereocenters. The minimum Gasteiger partial charge on any atom is -0.476 e. The third kappa shape index (κ3) is 3.60. The van der Waals surface area contributed by atoms with Crippen LogP contribution in [0.2, 0.25) is 0 Å². The van der Waals surface area contributed by atoms with Crippen molar-refractivity contribution >= 4 is 22.8 Å². The molecule has 2 aromatic heterocycles. The molecule has 0 fully saturated rings. The highest BCUT2D eigenvalue weighted by Crippen LogP contribution is 2.25. The SMILES string of the molecule is CCCOc1nc(NC(C)c2ncc(C)s2)ccc1N. The van der Waals surface area contributed by atoms with Gasteiger partial charge in [0, 0.05) is 11.1 Å². The molecule has 20 heavy (non-hydrogen) atoms. The average molecular weight is 292 g/mol. The van der Waals surface area contributed by atoms with Crippen LogP contribution in [0, 0.1) is 6.92 Å². The van der Waals surface area contributed by atoms with E-state index in [1.165, 1.54) is 4.88 Å². The lowest BCUT2D eigenvalue weighted by atomic mass is 10.3. The molecule has 0 aliphatic rings. The number of thiazole rings is 1. The first-order chi connectivity index (χ1) is 9.60. The smallest absolute Gasteiger partial charge is 0.239 e. The van der Waals surface area contributed by atoms with Crippen molar-refractivity contribution < 1.29 is 4.74 Å². The highest BCUT2D eigenvalue weighted by atomic mass is 32.1. The van der Waals surface area contributed by atoms with Crippen molar-refractivity contribution in [2.75, 3.05) is 17.7 Å². The van der Waals surface area contributed by atoms with Crippen LogP contribution in [0.15, 0.2) is 18.3 Å². The van der Waals surface area contributed by atoms with Crippen LogP contribution >= 0.6 is 11.3 Å². The number of hydrogen-bond donors (Lipinski definition) is 2. The minimum atomic E-state index is 0.101.